The number of hydrogen-bond donors (Lipinski definition) is 2. The van der Waals surface area contributed by atoms with Crippen molar-refractivity contribution in [1.82, 2.24) is 4.90 Å². The summed E-state index contributed by atoms with van der Waals surface area (Å²) in [6.07, 6.45) is 1.67. The molecule has 0 aromatic carbocycles. The number of carbonyl (C=O) groups excluding carboxylic acids is 1. The van der Waals surface area contributed by atoms with Crippen LogP contribution in [0.25, 0.3) is 6.08 Å². The van der Waals surface area contributed by atoms with Crippen LogP contribution in [0.15, 0.2) is 22.4 Å². The summed E-state index contributed by atoms with van der Waals surface area (Å²) in [4.78, 5) is 25.3. The normalized spacial score (nSPS) is 19.2. The highest BCUT2D eigenvalue weighted by Crippen LogP contribution is 2.34. The number of aliphatic carboxylic acids is 1. The molecule has 1 aromatic heterocycles. The van der Waals surface area contributed by atoms with Crippen LogP contribution < -0.4 is 0 Å². The van der Waals surface area contributed by atoms with Gasteiger partial charge in [0.05, 0.1) is 11.5 Å². The number of thiophene rings is 1. The van der Waals surface area contributed by atoms with Gasteiger partial charge in [0.25, 0.3) is 5.91 Å². The Bertz CT molecular complexity index is 552. The number of aliphatic hydroxyl groups excluding tert-OH is 1. The fraction of sp³-hybridized carbons (Fsp3) is 0.182. The first-order valence-electron chi connectivity index (χ1n) is 5.19. The summed E-state index contributed by atoms with van der Waals surface area (Å²) < 4.78 is 0.147. The van der Waals surface area contributed by atoms with E-state index >= 15 is 0 Å². The molecule has 1 saturated heterocycles. The molecule has 0 spiro atoms. The Hall–Kier alpha value is -1.22. The second-order valence-electron chi connectivity index (χ2n) is 3.60. The van der Waals surface area contributed by atoms with Gasteiger partial charge in [-0.1, -0.05) is 30.0 Å². The van der Waals surface area contributed by atoms with Crippen molar-refractivity contribution in [2.45, 2.75) is 6.04 Å². The van der Waals surface area contributed by atoms with Crippen molar-refractivity contribution in [2.24, 2.45) is 0 Å². The minimum absolute atomic E-state index is 0.147. The maximum absolute atomic E-state index is 12.1. The Kier molecular flexibility index (Phi) is 4.35. The molecule has 2 heterocycles. The molecule has 2 N–H and O–H groups in total. The van der Waals surface area contributed by atoms with Gasteiger partial charge in [0.15, 0.2) is 6.04 Å². The minimum atomic E-state index is -1.33. The van der Waals surface area contributed by atoms with Crippen molar-refractivity contribution in [3.8, 4) is 0 Å². The summed E-state index contributed by atoms with van der Waals surface area (Å²) >= 11 is 7.52. The van der Waals surface area contributed by atoms with Gasteiger partial charge in [0.2, 0.25) is 0 Å². The Morgan fingerprint density at radius 2 is 2.32 bits per heavy atom. The lowest BCUT2D eigenvalue weighted by Gasteiger charge is -2.20. The third kappa shape index (κ3) is 2.86. The van der Waals surface area contributed by atoms with E-state index in [1.165, 1.54) is 11.3 Å². The first-order valence-corrected chi connectivity index (χ1v) is 7.29. The molecule has 0 radical (unpaired) electrons. The first-order chi connectivity index (χ1) is 9.04. The molecule has 1 fully saturated rings. The summed E-state index contributed by atoms with van der Waals surface area (Å²) in [6.45, 7) is -0.673. The van der Waals surface area contributed by atoms with Crippen molar-refractivity contribution < 1.29 is 19.8 Å². The highest BCUT2D eigenvalue weighted by molar-refractivity contribution is 8.26. The molecule has 0 bridgehead atoms. The van der Waals surface area contributed by atoms with Gasteiger partial charge in [-0.2, -0.15) is 0 Å². The highest BCUT2D eigenvalue weighted by Gasteiger charge is 2.40. The molecule has 5 nitrogen and oxygen atoms in total. The number of amides is 1. The second kappa shape index (κ2) is 5.83. The van der Waals surface area contributed by atoms with Crippen LogP contribution in [0.4, 0.5) is 0 Å². The maximum Gasteiger partial charge on any atom is 0.329 e. The van der Waals surface area contributed by atoms with Crippen molar-refractivity contribution in [3.05, 3.63) is 27.3 Å². The van der Waals surface area contributed by atoms with Crippen LogP contribution in [0.1, 0.15) is 4.88 Å². The molecular weight excluding hydrogens is 306 g/mol. The minimum Gasteiger partial charge on any atom is -0.480 e. The summed E-state index contributed by atoms with van der Waals surface area (Å²) in [6, 6.07) is 2.37. The third-order valence-corrected chi connectivity index (χ3v) is 4.56. The van der Waals surface area contributed by atoms with E-state index in [2.05, 4.69) is 0 Å². The molecular formula is C11H9NO4S3. The summed E-state index contributed by atoms with van der Waals surface area (Å²) in [5.74, 6) is -1.76. The van der Waals surface area contributed by atoms with E-state index in [1.807, 2.05) is 17.5 Å². The van der Waals surface area contributed by atoms with Crippen LogP contribution in [-0.4, -0.2) is 44.0 Å². The van der Waals surface area contributed by atoms with E-state index in [4.69, 9.17) is 22.4 Å². The molecule has 8 heteroatoms. The summed E-state index contributed by atoms with van der Waals surface area (Å²) in [7, 11) is 0. The van der Waals surface area contributed by atoms with Crippen LogP contribution in [-0.2, 0) is 9.59 Å². The number of carboxylic acid groups (broad SMARTS) is 1. The largest absolute Gasteiger partial charge is 0.480 e. The van der Waals surface area contributed by atoms with Gasteiger partial charge < -0.3 is 10.2 Å². The zero-order chi connectivity index (χ0) is 14.0. The standard InChI is InChI=1S/C11H9NO4S3/c13-5-7(10(15)16)12-9(14)8(19-11(12)17)4-6-2-1-3-18-6/h1-4,7,13H,5H2,(H,15,16)/b8-4+/t7-/m0/s1. The molecule has 1 aliphatic heterocycles. The van der Waals surface area contributed by atoms with Gasteiger partial charge in [0, 0.05) is 4.88 Å². The van der Waals surface area contributed by atoms with Gasteiger partial charge in [-0.25, -0.2) is 4.79 Å². The number of carbonyl (C=O) groups is 2. The number of rotatable bonds is 4. The molecule has 19 heavy (non-hydrogen) atoms. The van der Waals surface area contributed by atoms with Crippen LogP contribution in [0.5, 0.6) is 0 Å². The number of aliphatic hydroxyl groups is 1. The SMILES string of the molecule is O=C(O)[C@H](CO)N1C(=O)/C(=C\c2cccs2)SC1=S. The average molecular weight is 315 g/mol. The van der Waals surface area contributed by atoms with Crippen molar-refractivity contribution in [2.75, 3.05) is 6.61 Å². The first kappa shape index (κ1) is 14.2. The maximum atomic E-state index is 12.1. The Morgan fingerprint density at radius 1 is 1.58 bits per heavy atom. The van der Waals surface area contributed by atoms with Crippen LogP contribution in [0.3, 0.4) is 0 Å². The second-order valence-corrected chi connectivity index (χ2v) is 6.26. The molecule has 0 aliphatic carbocycles. The van der Waals surface area contributed by atoms with Crippen LogP contribution >= 0.6 is 35.3 Å². The lowest BCUT2D eigenvalue weighted by atomic mass is 10.2. The predicted molar refractivity (Wildman–Crippen MR) is 77.8 cm³/mol. The molecule has 2 rings (SSSR count). The van der Waals surface area contributed by atoms with Crippen LogP contribution in [0.2, 0.25) is 0 Å². The van der Waals surface area contributed by atoms with Gasteiger partial charge in [0.1, 0.15) is 4.32 Å². The van der Waals surface area contributed by atoms with E-state index in [9.17, 15) is 9.59 Å². The van der Waals surface area contributed by atoms with E-state index in [-0.39, 0.29) is 4.32 Å². The lowest BCUT2D eigenvalue weighted by Crippen LogP contribution is -2.46. The predicted octanol–water partition coefficient (Wildman–Crippen LogP) is 1.39. The zero-order valence-electron chi connectivity index (χ0n) is 9.48. The smallest absolute Gasteiger partial charge is 0.329 e. The molecule has 1 atom stereocenters. The van der Waals surface area contributed by atoms with Gasteiger partial charge in [-0.3, -0.25) is 9.69 Å². The monoisotopic (exact) mass is 315 g/mol. The Labute approximate surface area is 122 Å². The number of thiocarbonyl (C=S) groups is 1. The fourth-order valence-electron chi connectivity index (χ4n) is 1.52. The van der Waals surface area contributed by atoms with Crippen molar-refractivity contribution in [1.29, 1.82) is 0 Å². The topological polar surface area (TPSA) is 77.8 Å². The van der Waals surface area contributed by atoms with Crippen molar-refractivity contribution in [3.63, 3.8) is 0 Å². The molecule has 0 saturated carbocycles. The van der Waals surface area contributed by atoms with E-state index in [0.29, 0.717) is 4.91 Å². The number of hydrogen-bond acceptors (Lipinski definition) is 6. The number of thioether (sulfide) groups is 1. The number of nitrogens with zero attached hydrogens (tertiary/aromatic N) is 1. The Morgan fingerprint density at radius 3 is 2.84 bits per heavy atom. The Balaban J connectivity index is 2.28. The van der Waals surface area contributed by atoms with E-state index in [1.54, 1.807) is 6.08 Å². The summed E-state index contributed by atoms with van der Waals surface area (Å²) in [5, 5.41) is 19.9. The molecule has 100 valence electrons. The molecule has 1 aromatic rings. The third-order valence-electron chi connectivity index (χ3n) is 2.41. The van der Waals surface area contributed by atoms with Crippen molar-refractivity contribution >= 4 is 57.6 Å². The van der Waals surface area contributed by atoms with Gasteiger partial charge in [-0.05, 0) is 17.5 Å². The van der Waals surface area contributed by atoms with Crippen LogP contribution in [0, 0.1) is 0 Å². The van der Waals surface area contributed by atoms with E-state index < -0.39 is 24.5 Å². The lowest BCUT2D eigenvalue weighted by molar-refractivity contribution is -0.146. The fourth-order valence-corrected chi connectivity index (χ4v) is 3.60. The van der Waals surface area contributed by atoms with Gasteiger partial charge in [-0.15, -0.1) is 11.3 Å². The molecule has 1 aliphatic rings. The van der Waals surface area contributed by atoms with E-state index in [0.717, 1.165) is 21.5 Å². The zero-order valence-corrected chi connectivity index (χ0v) is 11.9. The number of carboxylic acids is 1. The molecule has 1 amide bonds. The summed E-state index contributed by atoms with van der Waals surface area (Å²) in [5.41, 5.74) is 0. The molecule has 0 unspecified atom stereocenters. The quantitative estimate of drug-likeness (QED) is 0.646. The highest BCUT2D eigenvalue weighted by atomic mass is 32.2. The van der Waals surface area contributed by atoms with Gasteiger partial charge >= 0.3 is 5.97 Å². The average Bonchev–Trinajstić information content (AvgIpc) is 2.94.